The summed E-state index contributed by atoms with van der Waals surface area (Å²) >= 11 is 0. The lowest BCUT2D eigenvalue weighted by Gasteiger charge is -2.11. The number of benzene rings is 2. The average molecular weight is 363 g/mol. The smallest absolute Gasteiger partial charge is 0.238 e. The highest BCUT2D eigenvalue weighted by Crippen LogP contribution is 2.24. The molecule has 0 radical (unpaired) electrons. The Hall–Kier alpha value is -3.16. The Balaban J connectivity index is 1.30. The molecule has 1 fully saturated rings. The van der Waals surface area contributed by atoms with Gasteiger partial charge in [0.25, 0.3) is 0 Å². The number of hydrogen-bond acceptors (Lipinski definition) is 5. The van der Waals surface area contributed by atoms with Crippen LogP contribution in [0.1, 0.15) is 23.6 Å². The van der Waals surface area contributed by atoms with Gasteiger partial charge < -0.3 is 10.4 Å². The molecule has 1 saturated heterocycles. The zero-order valence-corrected chi connectivity index (χ0v) is 14.7. The molecule has 1 aromatic heterocycles. The highest BCUT2D eigenvalue weighted by Gasteiger charge is 2.29. The van der Waals surface area contributed by atoms with Gasteiger partial charge in [-0.25, -0.2) is 15.5 Å². The van der Waals surface area contributed by atoms with Gasteiger partial charge in [0.2, 0.25) is 5.91 Å². The van der Waals surface area contributed by atoms with Crippen LogP contribution in [0.5, 0.6) is 5.75 Å². The number of nitrogens with zero attached hydrogens (tertiary/aromatic N) is 2. The number of aromatic nitrogens is 2. The predicted molar refractivity (Wildman–Crippen MR) is 101 cm³/mol. The van der Waals surface area contributed by atoms with E-state index in [0.717, 1.165) is 16.8 Å². The van der Waals surface area contributed by atoms with Gasteiger partial charge in [-0.3, -0.25) is 4.79 Å². The van der Waals surface area contributed by atoms with E-state index in [1.807, 2.05) is 48.7 Å². The summed E-state index contributed by atoms with van der Waals surface area (Å²) in [5.74, 6) is 0.192. The van der Waals surface area contributed by atoms with Crippen LogP contribution < -0.4 is 16.2 Å². The lowest BCUT2D eigenvalue weighted by molar-refractivity contribution is -0.123. The van der Waals surface area contributed by atoms with Crippen LogP contribution in [0.2, 0.25) is 0 Å². The van der Waals surface area contributed by atoms with Crippen LogP contribution >= 0.6 is 0 Å². The summed E-state index contributed by atoms with van der Waals surface area (Å²) < 4.78 is 1.79. The summed E-state index contributed by atoms with van der Waals surface area (Å²) in [6, 6.07) is 16.5. The first kappa shape index (κ1) is 17.3. The van der Waals surface area contributed by atoms with Crippen molar-refractivity contribution >= 4 is 5.91 Å². The van der Waals surface area contributed by atoms with Gasteiger partial charge in [0, 0.05) is 25.0 Å². The van der Waals surface area contributed by atoms with Crippen LogP contribution in [0, 0.1) is 0 Å². The number of phenols is 1. The van der Waals surface area contributed by atoms with Crippen molar-refractivity contribution in [2.24, 2.45) is 0 Å². The SMILES string of the molecule is O=C(NCc1ccc(-n2cccn2)cc1)C1CC(c2ccc(O)cc2)NN1. The number of nitrogens with one attached hydrogen (secondary N) is 3. The van der Waals surface area contributed by atoms with Crippen molar-refractivity contribution in [2.75, 3.05) is 0 Å². The average Bonchev–Trinajstić information content (AvgIpc) is 3.39. The van der Waals surface area contributed by atoms with Crippen molar-refractivity contribution in [3.05, 3.63) is 78.1 Å². The van der Waals surface area contributed by atoms with Crippen molar-refractivity contribution in [3.63, 3.8) is 0 Å². The van der Waals surface area contributed by atoms with Crippen molar-refractivity contribution in [2.45, 2.75) is 25.0 Å². The van der Waals surface area contributed by atoms with E-state index in [2.05, 4.69) is 21.3 Å². The summed E-state index contributed by atoms with van der Waals surface area (Å²) in [6.45, 7) is 0.472. The van der Waals surface area contributed by atoms with Gasteiger partial charge in [-0.15, -0.1) is 0 Å². The van der Waals surface area contributed by atoms with E-state index in [4.69, 9.17) is 0 Å². The molecule has 4 rings (SSSR count). The van der Waals surface area contributed by atoms with E-state index in [9.17, 15) is 9.90 Å². The topological polar surface area (TPSA) is 91.2 Å². The van der Waals surface area contributed by atoms with Crippen molar-refractivity contribution in [3.8, 4) is 11.4 Å². The van der Waals surface area contributed by atoms with Gasteiger partial charge in [0.05, 0.1) is 5.69 Å². The minimum atomic E-state index is -0.299. The van der Waals surface area contributed by atoms with Gasteiger partial charge >= 0.3 is 0 Å². The molecule has 2 aromatic carbocycles. The maximum atomic E-state index is 12.4. The number of aromatic hydroxyl groups is 1. The zero-order valence-electron chi connectivity index (χ0n) is 14.7. The van der Waals surface area contributed by atoms with Crippen molar-refractivity contribution < 1.29 is 9.90 Å². The zero-order chi connectivity index (χ0) is 18.6. The Morgan fingerprint density at radius 1 is 1.15 bits per heavy atom. The molecule has 0 bridgehead atoms. The molecule has 7 nitrogen and oxygen atoms in total. The minimum Gasteiger partial charge on any atom is -0.508 e. The molecule has 7 heteroatoms. The largest absolute Gasteiger partial charge is 0.508 e. The normalized spacial score (nSPS) is 19.1. The van der Waals surface area contributed by atoms with Crippen LogP contribution in [0.3, 0.4) is 0 Å². The van der Waals surface area contributed by atoms with Gasteiger partial charge in [-0.2, -0.15) is 5.10 Å². The third kappa shape index (κ3) is 3.99. The van der Waals surface area contributed by atoms with Crippen LogP contribution in [0.4, 0.5) is 0 Å². The Morgan fingerprint density at radius 2 is 1.93 bits per heavy atom. The third-order valence-electron chi connectivity index (χ3n) is 4.69. The number of carbonyl (C=O) groups is 1. The fourth-order valence-corrected chi connectivity index (χ4v) is 3.15. The van der Waals surface area contributed by atoms with Crippen LogP contribution in [0.15, 0.2) is 67.0 Å². The fourth-order valence-electron chi connectivity index (χ4n) is 3.15. The van der Waals surface area contributed by atoms with E-state index in [1.54, 1.807) is 23.0 Å². The lowest BCUT2D eigenvalue weighted by atomic mass is 10.0. The number of hydrazine groups is 1. The van der Waals surface area contributed by atoms with Crippen LogP contribution in [0.25, 0.3) is 5.69 Å². The third-order valence-corrected chi connectivity index (χ3v) is 4.69. The Kier molecular flexibility index (Phi) is 4.86. The molecule has 0 spiro atoms. The number of rotatable bonds is 5. The van der Waals surface area contributed by atoms with Gasteiger partial charge in [0.15, 0.2) is 0 Å². The Morgan fingerprint density at radius 3 is 2.63 bits per heavy atom. The Labute approximate surface area is 157 Å². The quantitative estimate of drug-likeness (QED) is 0.555. The second-order valence-electron chi connectivity index (χ2n) is 6.56. The van der Waals surface area contributed by atoms with E-state index in [-0.39, 0.29) is 23.7 Å². The van der Waals surface area contributed by atoms with Gasteiger partial charge in [-0.1, -0.05) is 24.3 Å². The molecule has 1 aliphatic heterocycles. The molecular formula is C20H21N5O2. The molecule has 2 unspecified atom stereocenters. The van der Waals surface area contributed by atoms with Crippen LogP contribution in [-0.2, 0) is 11.3 Å². The number of carbonyl (C=O) groups excluding carboxylic acids is 1. The van der Waals surface area contributed by atoms with E-state index < -0.39 is 0 Å². The highest BCUT2D eigenvalue weighted by molar-refractivity contribution is 5.82. The van der Waals surface area contributed by atoms with Crippen LogP contribution in [-0.4, -0.2) is 26.8 Å². The van der Waals surface area contributed by atoms with Crippen molar-refractivity contribution in [1.82, 2.24) is 25.9 Å². The van der Waals surface area contributed by atoms with Gasteiger partial charge in [0.1, 0.15) is 11.8 Å². The van der Waals surface area contributed by atoms with E-state index in [1.165, 1.54) is 0 Å². The summed E-state index contributed by atoms with van der Waals surface area (Å²) in [5.41, 5.74) is 9.23. The second-order valence-corrected chi connectivity index (χ2v) is 6.56. The summed E-state index contributed by atoms with van der Waals surface area (Å²) in [6.07, 6.45) is 4.27. The lowest BCUT2D eigenvalue weighted by Crippen LogP contribution is -2.42. The standard InChI is InChI=1S/C20H21N5O2/c26-17-8-4-15(5-9-17)18-12-19(24-23-18)20(27)21-13-14-2-6-16(7-3-14)25-11-1-10-22-25/h1-11,18-19,23-24,26H,12-13H2,(H,21,27). The summed E-state index contributed by atoms with van der Waals surface area (Å²) in [4.78, 5) is 12.4. The molecule has 0 saturated carbocycles. The minimum absolute atomic E-state index is 0.0368. The Bertz CT molecular complexity index is 891. The summed E-state index contributed by atoms with van der Waals surface area (Å²) in [7, 11) is 0. The maximum Gasteiger partial charge on any atom is 0.238 e. The first-order valence-corrected chi connectivity index (χ1v) is 8.86. The first-order chi connectivity index (χ1) is 13.2. The monoisotopic (exact) mass is 363 g/mol. The molecule has 4 N–H and O–H groups in total. The molecule has 2 heterocycles. The maximum absolute atomic E-state index is 12.4. The number of hydrogen-bond donors (Lipinski definition) is 4. The van der Waals surface area contributed by atoms with E-state index >= 15 is 0 Å². The fraction of sp³-hybridized carbons (Fsp3) is 0.200. The molecule has 1 amide bonds. The molecule has 138 valence electrons. The molecule has 2 atom stereocenters. The predicted octanol–water partition coefficient (Wildman–Crippen LogP) is 1.80. The molecule has 27 heavy (non-hydrogen) atoms. The number of amides is 1. The number of phenolic OH excluding ortho intramolecular Hbond substituents is 1. The molecule has 1 aliphatic rings. The molecule has 0 aliphatic carbocycles. The molecule has 3 aromatic rings. The summed E-state index contributed by atoms with van der Waals surface area (Å²) in [5, 5.41) is 16.6. The van der Waals surface area contributed by atoms with E-state index in [0.29, 0.717) is 13.0 Å². The van der Waals surface area contributed by atoms with Gasteiger partial charge in [-0.05, 0) is 47.9 Å². The molecular weight excluding hydrogens is 342 g/mol. The second kappa shape index (κ2) is 7.61. The van der Waals surface area contributed by atoms with Crippen molar-refractivity contribution in [1.29, 1.82) is 0 Å². The highest BCUT2D eigenvalue weighted by atomic mass is 16.3. The first-order valence-electron chi connectivity index (χ1n) is 8.86.